The van der Waals surface area contributed by atoms with Crippen molar-refractivity contribution in [3.63, 3.8) is 0 Å². The van der Waals surface area contributed by atoms with Crippen molar-refractivity contribution >= 4 is 5.69 Å². The summed E-state index contributed by atoms with van der Waals surface area (Å²) >= 11 is 0. The van der Waals surface area contributed by atoms with E-state index in [4.69, 9.17) is 5.73 Å². The predicted molar refractivity (Wildman–Crippen MR) is 83.9 cm³/mol. The second-order valence-corrected chi connectivity index (χ2v) is 5.34. The van der Waals surface area contributed by atoms with Gasteiger partial charge < -0.3 is 15.2 Å². The third kappa shape index (κ3) is 3.39. The highest BCUT2D eigenvalue weighted by molar-refractivity contribution is 5.47. The molecule has 4 nitrogen and oxygen atoms in total. The second kappa shape index (κ2) is 6.57. The first-order chi connectivity index (χ1) is 9.61. The monoisotopic (exact) mass is 272 g/mol. The van der Waals surface area contributed by atoms with E-state index in [2.05, 4.69) is 45.6 Å². The molecule has 0 aliphatic heterocycles. The van der Waals surface area contributed by atoms with Crippen LogP contribution in [0, 0.1) is 0 Å². The van der Waals surface area contributed by atoms with Crippen molar-refractivity contribution in [3.8, 4) is 0 Å². The lowest BCUT2D eigenvalue weighted by Gasteiger charge is -2.17. The van der Waals surface area contributed by atoms with Crippen molar-refractivity contribution < 1.29 is 0 Å². The van der Waals surface area contributed by atoms with Gasteiger partial charge in [-0.25, -0.2) is 4.98 Å². The van der Waals surface area contributed by atoms with E-state index in [0.717, 1.165) is 30.8 Å². The molecule has 1 unspecified atom stereocenters. The minimum absolute atomic E-state index is 0.0205. The Labute approximate surface area is 121 Å². The molecule has 0 amide bonds. The van der Waals surface area contributed by atoms with Gasteiger partial charge in [-0.05, 0) is 24.1 Å². The van der Waals surface area contributed by atoms with E-state index in [9.17, 15) is 0 Å². The molecule has 1 heterocycles. The third-order valence-electron chi connectivity index (χ3n) is 3.48. The number of benzene rings is 1. The average Bonchev–Trinajstić information content (AvgIpc) is 2.86. The number of nitrogens with two attached hydrogens (primary N) is 1. The SMILES string of the molecule is CCCn1ccnc1CC(N)c1cccc(N(C)C)c1. The van der Waals surface area contributed by atoms with Crippen molar-refractivity contribution in [2.24, 2.45) is 5.73 Å². The van der Waals surface area contributed by atoms with Gasteiger partial charge in [0.2, 0.25) is 0 Å². The summed E-state index contributed by atoms with van der Waals surface area (Å²) in [6.45, 7) is 3.17. The molecule has 0 saturated carbocycles. The molecule has 0 aliphatic carbocycles. The van der Waals surface area contributed by atoms with Crippen LogP contribution in [0.4, 0.5) is 5.69 Å². The van der Waals surface area contributed by atoms with Gasteiger partial charge in [-0.2, -0.15) is 0 Å². The van der Waals surface area contributed by atoms with Gasteiger partial charge in [-0.3, -0.25) is 0 Å². The van der Waals surface area contributed by atoms with Crippen molar-refractivity contribution in [1.82, 2.24) is 9.55 Å². The lowest BCUT2D eigenvalue weighted by atomic mass is 10.0. The van der Waals surface area contributed by atoms with Crippen LogP contribution in [0.3, 0.4) is 0 Å². The molecule has 20 heavy (non-hydrogen) atoms. The van der Waals surface area contributed by atoms with E-state index in [0.29, 0.717) is 0 Å². The number of nitrogens with zero attached hydrogens (tertiary/aromatic N) is 3. The van der Waals surface area contributed by atoms with Gasteiger partial charge in [0.25, 0.3) is 0 Å². The lowest BCUT2D eigenvalue weighted by molar-refractivity contribution is 0.599. The molecule has 0 fully saturated rings. The zero-order valence-electron chi connectivity index (χ0n) is 12.6. The van der Waals surface area contributed by atoms with Crippen LogP contribution < -0.4 is 10.6 Å². The summed E-state index contributed by atoms with van der Waals surface area (Å²) in [4.78, 5) is 6.52. The summed E-state index contributed by atoms with van der Waals surface area (Å²) in [7, 11) is 4.08. The van der Waals surface area contributed by atoms with Crippen molar-refractivity contribution in [1.29, 1.82) is 0 Å². The first kappa shape index (κ1) is 14.6. The van der Waals surface area contributed by atoms with Crippen LogP contribution in [-0.4, -0.2) is 23.6 Å². The molecule has 2 N–H and O–H groups in total. The summed E-state index contributed by atoms with van der Waals surface area (Å²) in [5.74, 6) is 1.06. The van der Waals surface area contributed by atoms with E-state index in [1.54, 1.807) is 0 Å². The predicted octanol–water partition coefficient (Wildman–Crippen LogP) is 2.60. The first-order valence-corrected chi connectivity index (χ1v) is 7.14. The fraction of sp³-hybridized carbons (Fsp3) is 0.438. The van der Waals surface area contributed by atoms with Crippen LogP contribution in [0.15, 0.2) is 36.7 Å². The molecule has 0 saturated heterocycles. The highest BCUT2D eigenvalue weighted by atomic mass is 15.1. The molecule has 0 spiro atoms. The summed E-state index contributed by atoms with van der Waals surface area (Å²) < 4.78 is 2.19. The Hall–Kier alpha value is -1.81. The molecule has 1 atom stereocenters. The Morgan fingerprint density at radius 2 is 2.15 bits per heavy atom. The number of imidazole rings is 1. The highest BCUT2D eigenvalue weighted by Crippen LogP contribution is 2.20. The number of aryl methyl sites for hydroxylation is 1. The number of aromatic nitrogens is 2. The first-order valence-electron chi connectivity index (χ1n) is 7.14. The summed E-state index contributed by atoms with van der Waals surface area (Å²) in [6.07, 6.45) is 5.76. The van der Waals surface area contributed by atoms with Crippen molar-refractivity contribution in [3.05, 3.63) is 48.0 Å². The maximum Gasteiger partial charge on any atom is 0.110 e. The Morgan fingerprint density at radius 1 is 1.35 bits per heavy atom. The zero-order valence-corrected chi connectivity index (χ0v) is 12.6. The van der Waals surface area contributed by atoms with E-state index in [1.165, 1.54) is 5.69 Å². The Kier molecular flexibility index (Phi) is 4.79. The molecular formula is C16H24N4. The molecule has 2 rings (SSSR count). The van der Waals surface area contributed by atoms with E-state index < -0.39 is 0 Å². The van der Waals surface area contributed by atoms with Crippen LogP contribution >= 0.6 is 0 Å². The molecule has 0 aliphatic rings. The molecule has 0 bridgehead atoms. The number of rotatable bonds is 6. The van der Waals surface area contributed by atoms with Crippen LogP contribution in [0.25, 0.3) is 0 Å². The Balaban J connectivity index is 2.13. The minimum atomic E-state index is -0.0205. The van der Waals surface area contributed by atoms with Gasteiger partial charge in [0, 0.05) is 51.2 Å². The van der Waals surface area contributed by atoms with E-state index in [1.807, 2.05) is 26.5 Å². The van der Waals surface area contributed by atoms with Crippen molar-refractivity contribution in [2.75, 3.05) is 19.0 Å². The molecule has 1 aromatic carbocycles. The van der Waals surface area contributed by atoms with E-state index in [-0.39, 0.29) is 6.04 Å². The highest BCUT2D eigenvalue weighted by Gasteiger charge is 2.12. The normalized spacial score (nSPS) is 12.4. The zero-order chi connectivity index (χ0) is 14.5. The minimum Gasteiger partial charge on any atom is -0.378 e. The molecular weight excluding hydrogens is 248 g/mol. The largest absolute Gasteiger partial charge is 0.378 e. The Morgan fingerprint density at radius 3 is 2.85 bits per heavy atom. The molecule has 1 aromatic heterocycles. The fourth-order valence-corrected chi connectivity index (χ4v) is 2.32. The van der Waals surface area contributed by atoms with Crippen LogP contribution in [0.1, 0.15) is 30.8 Å². The topological polar surface area (TPSA) is 47.1 Å². The number of hydrogen-bond donors (Lipinski definition) is 1. The molecule has 0 radical (unpaired) electrons. The summed E-state index contributed by atoms with van der Waals surface area (Å²) in [5.41, 5.74) is 8.68. The summed E-state index contributed by atoms with van der Waals surface area (Å²) in [5, 5.41) is 0. The Bertz CT molecular complexity index is 545. The van der Waals surface area contributed by atoms with Gasteiger partial charge in [0.05, 0.1) is 0 Å². The van der Waals surface area contributed by atoms with E-state index >= 15 is 0 Å². The lowest BCUT2D eigenvalue weighted by Crippen LogP contribution is -2.17. The van der Waals surface area contributed by atoms with Crippen LogP contribution in [0.2, 0.25) is 0 Å². The molecule has 108 valence electrons. The quantitative estimate of drug-likeness (QED) is 0.879. The number of hydrogen-bond acceptors (Lipinski definition) is 3. The van der Waals surface area contributed by atoms with Crippen LogP contribution in [-0.2, 0) is 13.0 Å². The summed E-state index contributed by atoms with van der Waals surface area (Å²) in [6, 6.07) is 8.37. The van der Waals surface area contributed by atoms with Gasteiger partial charge in [-0.1, -0.05) is 19.1 Å². The van der Waals surface area contributed by atoms with Gasteiger partial charge in [-0.15, -0.1) is 0 Å². The standard InChI is InChI=1S/C16H24N4/c1-4-9-20-10-8-18-16(20)12-15(17)13-6-5-7-14(11-13)19(2)3/h5-8,10-11,15H,4,9,12,17H2,1-3H3. The molecule has 4 heteroatoms. The average molecular weight is 272 g/mol. The van der Waals surface area contributed by atoms with Gasteiger partial charge in [0.1, 0.15) is 5.82 Å². The molecule has 2 aromatic rings. The number of anilines is 1. The van der Waals surface area contributed by atoms with Crippen LogP contribution in [0.5, 0.6) is 0 Å². The third-order valence-corrected chi connectivity index (χ3v) is 3.48. The fourth-order valence-electron chi connectivity index (χ4n) is 2.32. The van der Waals surface area contributed by atoms with Gasteiger partial charge >= 0.3 is 0 Å². The maximum absolute atomic E-state index is 6.35. The smallest absolute Gasteiger partial charge is 0.110 e. The van der Waals surface area contributed by atoms with Crippen molar-refractivity contribution in [2.45, 2.75) is 32.4 Å². The van der Waals surface area contributed by atoms with Gasteiger partial charge in [0.15, 0.2) is 0 Å². The second-order valence-electron chi connectivity index (χ2n) is 5.34. The maximum atomic E-state index is 6.35.